The molecule has 1 aliphatic rings. The standard InChI is InChI=1S/C13H25BrO/c1-4-5-12(3)15-13(10-14)8-6-11(2)7-9-13/h11-12H,4-10H2,1-3H3. The fraction of sp³-hybridized carbons (Fsp3) is 1.00. The van der Waals surface area contributed by atoms with E-state index in [0.717, 1.165) is 11.2 Å². The van der Waals surface area contributed by atoms with Crippen molar-refractivity contribution in [3.63, 3.8) is 0 Å². The van der Waals surface area contributed by atoms with Gasteiger partial charge in [0.05, 0.1) is 11.7 Å². The average molecular weight is 277 g/mol. The van der Waals surface area contributed by atoms with E-state index in [-0.39, 0.29) is 5.60 Å². The molecule has 0 aliphatic heterocycles. The topological polar surface area (TPSA) is 9.23 Å². The van der Waals surface area contributed by atoms with Crippen LogP contribution in [0.1, 0.15) is 59.3 Å². The minimum atomic E-state index is 0.140. The summed E-state index contributed by atoms with van der Waals surface area (Å²) in [7, 11) is 0. The minimum Gasteiger partial charge on any atom is -0.371 e. The zero-order valence-electron chi connectivity index (χ0n) is 10.4. The zero-order valence-corrected chi connectivity index (χ0v) is 12.0. The third kappa shape index (κ3) is 4.07. The maximum absolute atomic E-state index is 6.27. The summed E-state index contributed by atoms with van der Waals surface area (Å²) < 4.78 is 6.27. The molecule has 1 aliphatic carbocycles. The number of hydrogen-bond donors (Lipinski definition) is 0. The van der Waals surface area contributed by atoms with Crippen molar-refractivity contribution >= 4 is 15.9 Å². The van der Waals surface area contributed by atoms with Crippen molar-refractivity contribution in [3.05, 3.63) is 0 Å². The Morgan fingerprint density at radius 3 is 2.47 bits per heavy atom. The van der Waals surface area contributed by atoms with Crippen LogP contribution < -0.4 is 0 Å². The summed E-state index contributed by atoms with van der Waals surface area (Å²) in [6.07, 6.45) is 7.93. The number of hydrogen-bond acceptors (Lipinski definition) is 1. The summed E-state index contributed by atoms with van der Waals surface area (Å²) in [5, 5.41) is 1.00. The van der Waals surface area contributed by atoms with E-state index in [2.05, 4.69) is 36.7 Å². The van der Waals surface area contributed by atoms with Gasteiger partial charge in [0, 0.05) is 5.33 Å². The van der Waals surface area contributed by atoms with Crippen LogP contribution in [0.5, 0.6) is 0 Å². The Kier molecular flexibility index (Phi) is 5.62. The fourth-order valence-corrected chi connectivity index (χ4v) is 3.16. The summed E-state index contributed by atoms with van der Waals surface area (Å²) in [4.78, 5) is 0. The van der Waals surface area contributed by atoms with E-state index >= 15 is 0 Å². The number of halogens is 1. The Bertz CT molecular complexity index is 173. The lowest BCUT2D eigenvalue weighted by Crippen LogP contribution is -2.41. The Morgan fingerprint density at radius 1 is 1.40 bits per heavy atom. The lowest BCUT2D eigenvalue weighted by molar-refractivity contribution is -0.0988. The molecular formula is C13H25BrO. The van der Waals surface area contributed by atoms with Gasteiger partial charge in [-0.1, -0.05) is 36.2 Å². The molecule has 0 aromatic heterocycles. The first kappa shape index (κ1) is 13.5. The van der Waals surface area contributed by atoms with E-state index in [1.807, 2.05) is 0 Å². The molecule has 0 saturated heterocycles. The third-order valence-electron chi connectivity index (χ3n) is 3.58. The van der Waals surface area contributed by atoms with Crippen LogP contribution in [0.3, 0.4) is 0 Å². The van der Waals surface area contributed by atoms with Crippen LogP contribution >= 0.6 is 15.9 Å². The molecule has 0 aromatic rings. The molecule has 0 amide bonds. The molecule has 0 aromatic carbocycles. The molecule has 15 heavy (non-hydrogen) atoms. The van der Waals surface area contributed by atoms with Crippen molar-refractivity contribution < 1.29 is 4.74 Å². The van der Waals surface area contributed by atoms with Gasteiger partial charge in [0.25, 0.3) is 0 Å². The van der Waals surface area contributed by atoms with Gasteiger partial charge in [-0.05, 0) is 44.9 Å². The van der Waals surface area contributed by atoms with E-state index in [1.54, 1.807) is 0 Å². The first-order valence-corrected chi connectivity index (χ1v) is 7.48. The lowest BCUT2D eigenvalue weighted by Gasteiger charge is -2.40. The second-order valence-electron chi connectivity index (χ2n) is 5.22. The molecular weight excluding hydrogens is 252 g/mol. The lowest BCUT2D eigenvalue weighted by atomic mass is 9.80. The second-order valence-corrected chi connectivity index (χ2v) is 5.78. The molecule has 1 unspecified atom stereocenters. The van der Waals surface area contributed by atoms with E-state index < -0.39 is 0 Å². The van der Waals surface area contributed by atoms with E-state index in [4.69, 9.17) is 4.74 Å². The summed E-state index contributed by atoms with van der Waals surface area (Å²) in [6.45, 7) is 6.79. The smallest absolute Gasteiger partial charge is 0.0782 e. The van der Waals surface area contributed by atoms with Gasteiger partial charge in [-0.3, -0.25) is 0 Å². The van der Waals surface area contributed by atoms with Gasteiger partial charge in [0.15, 0.2) is 0 Å². The van der Waals surface area contributed by atoms with Gasteiger partial charge < -0.3 is 4.74 Å². The molecule has 0 heterocycles. The molecule has 0 bridgehead atoms. The van der Waals surface area contributed by atoms with E-state index in [9.17, 15) is 0 Å². The largest absolute Gasteiger partial charge is 0.371 e. The quantitative estimate of drug-likeness (QED) is 0.670. The summed E-state index contributed by atoms with van der Waals surface area (Å²) in [6, 6.07) is 0. The maximum atomic E-state index is 6.27. The van der Waals surface area contributed by atoms with Gasteiger partial charge in [-0.25, -0.2) is 0 Å². The van der Waals surface area contributed by atoms with Crippen LogP contribution in [0, 0.1) is 5.92 Å². The molecule has 0 N–H and O–H groups in total. The summed E-state index contributed by atoms with van der Waals surface area (Å²) in [5.41, 5.74) is 0.140. The monoisotopic (exact) mass is 276 g/mol. The SMILES string of the molecule is CCCC(C)OC1(CBr)CCC(C)CC1. The van der Waals surface area contributed by atoms with Gasteiger partial charge in [-0.2, -0.15) is 0 Å². The predicted molar refractivity (Wildman–Crippen MR) is 69.6 cm³/mol. The molecule has 0 spiro atoms. The molecule has 1 atom stereocenters. The molecule has 90 valence electrons. The molecule has 1 saturated carbocycles. The Labute approximate surface area is 103 Å². The number of ether oxygens (including phenoxy) is 1. The molecule has 0 radical (unpaired) electrons. The molecule has 1 fully saturated rings. The highest BCUT2D eigenvalue weighted by Crippen LogP contribution is 2.37. The minimum absolute atomic E-state index is 0.140. The summed E-state index contributed by atoms with van der Waals surface area (Å²) >= 11 is 3.64. The van der Waals surface area contributed by atoms with Crippen molar-refractivity contribution in [2.75, 3.05) is 5.33 Å². The fourth-order valence-electron chi connectivity index (χ4n) is 2.46. The van der Waals surface area contributed by atoms with E-state index in [1.165, 1.54) is 38.5 Å². The average Bonchev–Trinajstić information content (AvgIpc) is 2.22. The molecule has 2 heteroatoms. The van der Waals surface area contributed by atoms with Crippen molar-refractivity contribution in [3.8, 4) is 0 Å². The van der Waals surface area contributed by atoms with Crippen LogP contribution in [-0.4, -0.2) is 17.0 Å². The van der Waals surface area contributed by atoms with Gasteiger partial charge in [-0.15, -0.1) is 0 Å². The highest BCUT2D eigenvalue weighted by molar-refractivity contribution is 9.09. The van der Waals surface area contributed by atoms with E-state index in [0.29, 0.717) is 6.10 Å². The van der Waals surface area contributed by atoms with Crippen molar-refractivity contribution in [1.29, 1.82) is 0 Å². The maximum Gasteiger partial charge on any atom is 0.0782 e. The zero-order chi connectivity index (χ0) is 11.3. The van der Waals surface area contributed by atoms with Gasteiger partial charge in [0.1, 0.15) is 0 Å². The number of alkyl halides is 1. The number of rotatable bonds is 5. The second kappa shape index (κ2) is 6.24. The Balaban J connectivity index is 2.46. The van der Waals surface area contributed by atoms with Crippen molar-refractivity contribution in [2.45, 2.75) is 71.0 Å². The van der Waals surface area contributed by atoms with Crippen LogP contribution in [-0.2, 0) is 4.74 Å². The van der Waals surface area contributed by atoms with Crippen LogP contribution in [0.4, 0.5) is 0 Å². The summed E-state index contributed by atoms with van der Waals surface area (Å²) in [5.74, 6) is 0.891. The molecule has 1 nitrogen and oxygen atoms in total. The van der Waals surface area contributed by atoms with Gasteiger partial charge in [0.2, 0.25) is 0 Å². The first-order valence-electron chi connectivity index (χ1n) is 6.35. The van der Waals surface area contributed by atoms with Crippen molar-refractivity contribution in [2.24, 2.45) is 5.92 Å². The van der Waals surface area contributed by atoms with Crippen molar-refractivity contribution in [1.82, 2.24) is 0 Å². The Hall–Kier alpha value is 0.440. The molecule has 1 rings (SSSR count). The highest BCUT2D eigenvalue weighted by atomic mass is 79.9. The van der Waals surface area contributed by atoms with Crippen LogP contribution in [0.15, 0.2) is 0 Å². The van der Waals surface area contributed by atoms with Crippen LogP contribution in [0.2, 0.25) is 0 Å². The third-order valence-corrected chi connectivity index (χ3v) is 4.60. The van der Waals surface area contributed by atoms with Crippen LogP contribution in [0.25, 0.3) is 0 Å². The predicted octanol–water partition coefficient (Wildman–Crippen LogP) is 4.54. The van der Waals surface area contributed by atoms with Gasteiger partial charge >= 0.3 is 0 Å². The normalized spacial score (nSPS) is 34.0. The highest BCUT2D eigenvalue weighted by Gasteiger charge is 2.35. The first-order chi connectivity index (χ1) is 7.12. The Morgan fingerprint density at radius 2 is 2.00 bits per heavy atom.